The Labute approximate surface area is 148 Å². The lowest BCUT2D eigenvalue weighted by Crippen LogP contribution is -2.42. The van der Waals surface area contributed by atoms with Crippen LogP contribution in [0.15, 0.2) is 43.0 Å². The Bertz CT molecular complexity index is 680. The van der Waals surface area contributed by atoms with Crippen molar-refractivity contribution in [1.29, 1.82) is 0 Å². The number of amides is 2. The van der Waals surface area contributed by atoms with Crippen molar-refractivity contribution >= 4 is 6.03 Å². The molecule has 1 aliphatic rings. The fourth-order valence-corrected chi connectivity index (χ4v) is 3.20. The molecule has 134 valence electrons. The Morgan fingerprint density at radius 2 is 2.28 bits per heavy atom. The molecule has 0 unspecified atom stereocenters. The van der Waals surface area contributed by atoms with E-state index in [0.717, 1.165) is 37.1 Å². The second-order valence-electron chi connectivity index (χ2n) is 6.68. The third-order valence-corrected chi connectivity index (χ3v) is 4.54. The van der Waals surface area contributed by atoms with Crippen molar-refractivity contribution in [3.8, 4) is 5.69 Å². The number of imidazole rings is 1. The lowest BCUT2D eigenvalue weighted by molar-refractivity contribution is 0.0971. The van der Waals surface area contributed by atoms with Gasteiger partial charge in [-0.3, -0.25) is 0 Å². The summed E-state index contributed by atoms with van der Waals surface area (Å²) in [7, 11) is 0. The van der Waals surface area contributed by atoms with Gasteiger partial charge in [-0.05, 0) is 50.8 Å². The van der Waals surface area contributed by atoms with Crippen molar-refractivity contribution in [3.63, 3.8) is 0 Å². The highest BCUT2D eigenvalue weighted by atomic mass is 16.5. The maximum atomic E-state index is 12.2. The summed E-state index contributed by atoms with van der Waals surface area (Å²) in [5.74, 6) is 0. The first-order valence-corrected chi connectivity index (χ1v) is 8.89. The molecule has 1 aromatic heterocycles. The van der Waals surface area contributed by atoms with E-state index < -0.39 is 0 Å². The van der Waals surface area contributed by atoms with Crippen molar-refractivity contribution in [1.82, 2.24) is 20.2 Å². The standard InChI is InChI=1S/C19H26N4O2/c1-14(11-18-7-4-10-25-18)21-19(24)22-15(2)16-5-3-6-17(12-16)23-9-8-20-13-23/h3,5-6,8-9,12-15,18H,4,7,10-11H2,1-2H3,(H2,21,22,24)/t14-,15+,18-/m1/s1. The Morgan fingerprint density at radius 3 is 3.00 bits per heavy atom. The number of rotatable bonds is 6. The topological polar surface area (TPSA) is 68.2 Å². The normalized spacial score (nSPS) is 19.4. The zero-order valence-electron chi connectivity index (χ0n) is 14.8. The second kappa shape index (κ2) is 8.16. The van der Waals surface area contributed by atoms with Crippen LogP contribution in [0.2, 0.25) is 0 Å². The molecule has 0 aliphatic carbocycles. The average Bonchev–Trinajstić information content (AvgIpc) is 3.28. The first-order chi connectivity index (χ1) is 12.1. The van der Waals surface area contributed by atoms with Gasteiger partial charge in [-0.15, -0.1) is 0 Å². The Morgan fingerprint density at radius 1 is 1.40 bits per heavy atom. The summed E-state index contributed by atoms with van der Waals surface area (Å²) in [5, 5.41) is 6.01. The SMILES string of the molecule is C[C@H](C[C@H]1CCCO1)NC(=O)N[C@@H](C)c1cccc(-n2ccnc2)c1. The van der Waals surface area contributed by atoms with Gasteiger partial charge < -0.3 is 19.9 Å². The lowest BCUT2D eigenvalue weighted by Gasteiger charge is -2.20. The summed E-state index contributed by atoms with van der Waals surface area (Å²) in [4.78, 5) is 16.3. The third-order valence-electron chi connectivity index (χ3n) is 4.54. The molecule has 6 heteroatoms. The van der Waals surface area contributed by atoms with Crippen molar-refractivity contribution in [2.45, 2.75) is 51.3 Å². The van der Waals surface area contributed by atoms with Crippen LogP contribution in [0, 0.1) is 0 Å². The lowest BCUT2D eigenvalue weighted by atomic mass is 10.1. The molecule has 0 radical (unpaired) electrons. The van der Waals surface area contributed by atoms with Crippen LogP contribution in [0.4, 0.5) is 4.79 Å². The summed E-state index contributed by atoms with van der Waals surface area (Å²) in [6.45, 7) is 4.84. The molecule has 6 nitrogen and oxygen atoms in total. The van der Waals surface area contributed by atoms with Gasteiger partial charge in [0, 0.05) is 30.7 Å². The minimum atomic E-state index is -0.147. The van der Waals surface area contributed by atoms with Gasteiger partial charge in [0.15, 0.2) is 0 Å². The molecule has 2 heterocycles. The van der Waals surface area contributed by atoms with E-state index in [2.05, 4.69) is 21.7 Å². The summed E-state index contributed by atoms with van der Waals surface area (Å²) < 4.78 is 7.57. The van der Waals surface area contributed by atoms with Gasteiger partial charge in [0.2, 0.25) is 0 Å². The van der Waals surface area contributed by atoms with E-state index in [1.165, 1.54) is 0 Å². The molecule has 1 saturated heterocycles. The van der Waals surface area contributed by atoms with Crippen LogP contribution < -0.4 is 10.6 Å². The number of carbonyl (C=O) groups is 1. The number of hydrogen-bond donors (Lipinski definition) is 2. The molecule has 2 N–H and O–H groups in total. The van der Waals surface area contributed by atoms with E-state index in [1.54, 1.807) is 12.5 Å². The number of urea groups is 1. The first kappa shape index (κ1) is 17.5. The number of hydrogen-bond acceptors (Lipinski definition) is 3. The molecule has 25 heavy (non-hydrogen) atoms. The van der Waals surface area contributed by atoms with E-state index in [9.17, 15) is 4.79 Å². The molecule has 3 atom stereocenters. The predicted octanol–water partition coefficient (Wildman–Crippen LogP) is 3.19. The third kappa shape index (κ3) is 4.82. The largest absolute Gasteiger partial charge is 0.378 e. The van der Waals surface area contributed by atoms with Crippen molar-refractivity contribution in [3.05, 3.63) is 48.5 Å². The van der Waals surface area contributed by atoms with E-state index in [-0.39, 0.29) is 24.2 Å². The molecule has 2 amide bonds. The molecule has 0 saturated carbocycles. The summed E-state index contributed by atoms with van der Waals surface area (Å²) in [5.41, 5.74) is 2.07. The van der Waals surface area contributed by atoms with Crippen LogP contribution in [0.5, 0.6) is 0 Å². The van der Waals surface area contributed by atoms with Gasteiger partial charge in [0.1, 0.15) is 0 Å². The van der Waals surface area contributed by atoms with Crippen molar-refractivity contribution < 1.29 is 9.53 Å². The summed E-state index contributed by atoms with van der Waals surface area (Å²) in [6.07, 6.45) is 8.75. The molecule has 0 bridgehead atoms. The molecule has 1 fully saturated rings. The Hall–Kier alpha value is -2.34. The highest BCUT2D eigenvalue weighted by molar-refractivity contribution is 5.74. The smallest absolute Gasteiger partial charge is 0.315 e. The maximum Gasteiger partial charge on any atom is 0.315 e. The molecule has 1 aliphatic heterocycles. The molecular weight excluding hydrogens is 316 g/mol. The van der Waals surface area contributed by atoms with Crippen molar-refractivity contribution in [2.24, 2.45) is 0 Å². The van der Waals surface area contributed by atoms with Crippen LogP contribution >= 0.6 is 0 Å². The van der Waals surface area contributed by atoms with E-state index >= 15 is 0 Å². The van der Waals surface area contributed by atoms with Gasteiger partial charge in [-0.1, -0.05) is 12.1 Å². The fourth-order valence-electron chi connectivity index (χ4n) is 3.20. The number of nitrogens with one attached hydrogen (secondary N) is 2. The zero-order chi connectivity index (χ0) is 17.6. The van der Waals surface area contributed by atoms with Gasteiger partial charge in [-0.2, -0.15) is 0 Å². The second-order valence-corrected chi connectivity index (χ2v) is 6.68. The minimum absolute atomic E-state index is 0.0848. The molecular formula is C19H26N4O2. The van der Waals surface area contributed by atoms with Gasteiger partial charge in [0.05, 0.1) is 18.5 Å². The number of aromatic nitrogens is 2. The highest BCUT2D eigenvalue weighted by Crippen LogP contribution is 2.18. The monoisotopic (exact) mass is 342 g/mol. The predicted molar refractivity (Wildman–Crippen MR) is 96.7 cm³/mol. The quantitative estimate of drug-likeness (QED) is 0.847. The number of ether oxygens (including phenoxy) is 1. The zero-order valence-corrected chi connectivity index (χ0v) is 14.8. The van der Waals surface area contributed by atoms with Gasteiger partial charge >= 0.3 is 6.03 Å². The first-order valence-electron chi connectivity index (χ1n) is 8.89. The molecule has 3 rings (SSSR count). The van der Waals surface area contributed by atoms with Crippen LogP contribution in [0.1, 0.15) is 44.7 Å². The summed E-state index contributed by atoms with van der Waals surface area (Å²) >= 11 is 0. The Kier molecular flexibility index (Phi) is 5.71. The molecule has 1 aromatic carbocycles. The number of benzene rings is 1. The van der Waals surface area contributed by atoms with Crippen LogP contribution in [-0.2, 0) is 4.74 Å². The Balaban J connectivity index is 1.53. The molecule has 0 spiro atoms. The van der Waals surface area contributed by atoms with Crippen LogP contribution in [0.25, 0.3) is 5.69 Å². The van der Waals surface area contributed by atoms with Gasteiger partial charge in [0.25, 0.3) is 0 Å². The minimum Gasteiger partial charge on any atom is -0.378 e. The highest BCUT2D eigenvalue weighted by Gasteiger charge is 2.20. The van der Waals surface area contributed by atoms with E-state index in [0.29, 0.717) is 0 Å². The maximum absolute atomic E-state index is 12.2. The van der Waals surface area contributed by atoms with Crippen LogP contribution in [0.3, 0.4) is 0 Å². The average molecular weight is 342 g/mol. The van der Waals surface area contributed by atoms with E-state index in [4.69, 9.17) is 4.74 Å². The van der Waals surface area contributed by atoms with Crippen molar-refractivity contribution in [2.75, 3.05) is 6.61 Å². The van der Waals surface area contributed by atoms with Gasteiger partial charge in [-0.25, -0.2) is 9.78 Å². The number of carbonyl (C=O) groups excluding carboxylic acids is 1. The number of nitrogens with zero attached hydrogens (tertiary/aromatic N) is 2. The fraction of sp³-hybridized carbons (Fsp3) is 0.474. The van der Waals surface area contributed by atoms with Crippen LogP contribution in [-0.4, -0.2) is 34.3 Å². The molecule has 2 aromatic rings. The van der Waals surface area contributed by atoms with E-state index in [1.807, 2.05) is 42.8 Å². The summed E-state index contributed by atoms with van der Waals surface area (Å²) in [6, 6.07) is 7.93.